The third-order valence-corrected chi connectivity index (χ3v) is 5.87. The van der Waals surface area contributed by atoms with Crippen LogP contribution in [0.4, 0.5) is 5.69 Å². The van der Waals surface area contributed by atoms with Crippen LogP contribution in [0.15, 0.2) is 42.5 Å². The predicted molar refractivity (Wildman–Crippen MR) is 110 cm³/mol. The van der Waals surface area contributed by atoms with E-state index in [1.807, 2.05) is 51.1 Å². The van der Waals surface area contributed by atoms with Crippen LogP contribution in [-0.4, -0.2) is 27.1 Å². The fourth-order valence-electron chi connectivity index (χ4n) is 2.82. The molecule has 0 aromatic heterocycles. The molecule has 1 atom stereocenters. The van der Waals surface area contributed by atoms with Crippen LogP contribution < -0.4 is 9.62 Å². The van der Waals surface area contributed by atoms with E-state index >= 15 is 0 Å². The van der Waals surface area contributed by atoms with Crippen molar-refractivity contribution < 1.29 is 13.2 Å². The lowest BCUT2D eigenvalue weighted by atomic mass is 10.1. The van der Waals surface area contributed by atoms with Crippen LogP contribution >= 0.6 is 0 Å². The lowest BCUT2D eigenvalue weighted by molar-refractivity contribution is -0.120. The molecule has 0 unspecified atom stereocenters. The van der Waals surface area contributed by atoms with Crippen molar-refractivity contribution in [1.82, 2.24) is 5.32 Å². The molecule has 0 aliphatic heterocycles. The van der Waals surface area contributed by atoms with E-state index in [4.69, 9.17) is 0 Å². The van der Waals surface area contributed by atoms with Crippen LogP contribution in [0.1, 0.15) is 42.1 Å². The molecule has 0 heterocycles. The zero-order valence-electron chi connectivity index (χ0n) is 16.6. The summed E-state index contributed by atoms with van der Waals surface area (Å²) >= 11 is 0. The average molecular weight is 389 g/mol. The van der Waals surface area contributed by atoms with Gasteiger partial charge in [-0.15, -0.1) is 0 Å². The summed E-state index contributed by atoms with van der Waals surface area (Å²) < 4.78 is 25.6. The first kappa shape index (κ1) is 21.0. The van der Waals surface area contributed by atoms with Crippen molar-refractivity contribution in [3.63, 3.8) is 0 Å². The molecule has 0 aliphatic carbocycles. The first-order chi connectivity index (χ1) is 12.6. The molecule has 5 nitrogen and oxygen atoms in total. The maximum Gasteiger partial charge on any atom is 0.241 e. The first-order valence-corrected chi connectivity index (χ1v) is 10.9. The minimum Gasteiger partial charge on any atom is -0.348 e. The Labute approximate surface area is 162 Å². The Kier molecular flexibility index (Phi) is 6.65. The van der Waals surface area contributed by atoms with E-state index in [0.717, 1.165) is 33.7 Å². The van der Waals surface area contributed by atoms with Gasteiger partial charge in [-0.3, -0.25) is 9.10 Å². The molecule has 27 heavy (non-hydrogen) atoms. The number of amides is 1. The molecule has 0 spiro atoms. The number of anilines is 1. The second-order valence-electron chi connectivity index (χ2n) is 6.92. The molecule has 0 saturated heterocycles. The summed E-state index contributed by atoms with van der Waals surface area (Å²) in [5, 5.41) is 2.89. The third-order valence-electron chi connectivity index (χ3n) is 4.73. The minimum atomic E-state index is -3.58. The van der Waals surface area contributed by atoms with Crippen LogP contribution in [0, 0.1) is 13.8 Å². The van der Waals surface area contributed by atoms with Crippen molar-refractivity contribution in [3.05, 3.63) is 64.7 Å². The number of carbonyl (C=O) groups is 1. The minimum absolute atomic E-state index is 0.204. The van der Waals surface area contributed by atoms with Crippen molar-refractivity contribution in [1.29, 1.82) is 0 Å². The molecule has 0 aliphatic rings. The van der Waals surface area contributed by atoms with Gasteiger partial charge in [0.2, 0.25) is 15.9 Å². The molecule has 6 heteroatoms. The Morgan fingerprint density at radius 1 is 1.07 bits per heavy atom. The number of nitrogens with zero attached hydrogens (tertiary/aromatic N) is 1. The average Bonchev–Trinajstić information content (AvgIpc) is 2.61. The highest BCUT2D eigenvalue weighted by atomic mass is 32.2. The monoisotopic (exact) mass is 388 g/mol. The third kappa shape index (κ3) is 5.57. The van der Waals surface area contributed by atoms with E-state index in [-0.39, 0.29) is 18.5 Å². The van der Waals surface area contributed by atoms with Gasteiger partial charge < -0.3 is 5.32 Å². The Hall–Kier alpha value is -2.34. The van der Waals surface area contributed by atoms with Gasteiger partial charge in [-0.1, -0.05) is 37.3 Å². The topological polar surface area (TPSA) is 66.5 Å². The van der Waals surface area contributed by atoms with Crippen molar-refractivity contribution in [2.24, 2.45) is 0 Å². The molecule has 1 amide bonds. The Morgan fingerprint density at radius 3 is 2.22 bits per heavy atom. The molecular formula is C21H28N2O3S. The van der Waals surface area contributed by atoms with Crippen LogP contribution in [0.2, 0.25) is 0 Å². The normalized spacial score (nSPS) is 12.5. The molecule has 0 saturated carbocycles. The Morgan fingerprint density at radius 2 is 1.70 bits per heavy atom. The van der Waals surface area contributed by atoms with E-state index in [0.29, 0.717) is 5.69 Å². The van der Waals surface area contributed by atoms with Gasteiger partial charge in [0.1, 0.15) is 6.54 Å². The summed E-state index contributed by atoms with van der Waals surface area (Å²) in [6.45, 7) is 7.61. The number of benzene rings is 2. The van der Waals surface area contributed by atoms with Crippen molar-refractivity contribution in [2.45, 2.75) is 40.2 Å². The number of nitrogens with one attached hydrogen (secondary N) is 1. The van der Waals surface area contributed by atoms with Gasteiger partial charge in [-0.25, -0.2) is 8.42 Å². The molecule has 2 rings (SSSR count). The van der Waals surface area contributed by atoms with Gasteiger partial charge in [-0.2, -0.15) is 0 Å². The number of hydrogen-bond donors (Lipinski definition) is 1. The summed E-state index contributed by atoms with van der Waals surface area (Å²) in [7, 11) is -3.58. The fraction of sp³-hybridized carbons (Fsp3) is 0.381. The first-order valence-electron chi connectivity index (χ1n) is 9.05. The van der Waals surface area contributed by atoms with Crippen LogP contribution in [-0.2, 0) is 21.2 Å². The van der Waals surface area contributed by atoms with Gasteiger partial charge in [0, 0.05) is 0 Å². The van der Waals surface area contributed by atoms with E-state index < -0.39 is 10.0 Å². The van der Waals surface area contributed by atoms with Crippen LogP contribution in [0.25, 0.3) is 0 Å². The standard InChI is InChI=1S/C21H28N2O3S/c1-6-18-8-10-19(11-9-18)17(4)22-21(24)14-23(27(5,25)26)20-12-7-15(2)16(3)13-20/h7-13,17H,6,14H2,1-5H3,(H,22,24)/t17-/m0/s1. The molecule has 2 aromatic carbocycles. The van der Waals surface area contributed by atoms with E-state index in [1.54, 1.807) is 12.1 Å². The molecule has 0 radical (unpaired) electrons. The number of carbonyl (C=O) groups excluding carboxylic acids is 1. The largest absolute Gasteiger partial charge is 0.348 e. The molecule has 0 fully saturated rings. The molecule has 2 aromatic rings. The summed E-state index contributed by atoms with van der Waals surface area (Å²) in [5.41, 5.74) is 4.76. The van der Waals surface area contributed by atoms with Crippen molar-refractivity contribution in [3.8, 4) is 0 Å². The van der Waals surface area contributed by atoms with E-state index in [9.17, 15) is 13.2 Å². The van der Waals surface area contributed by atoms with Gasteiger partial charge >= 0.3 is 0 Å². The number of sulfonamides is 1. The summed E-state index contributed by atoms with van der Waals surface area (Å²) in [6.07, 6.45) is 2.07. The quantitative estimate of drug-likeness (QED) is 0.789. The summed E-state index contributed by atoms with van der Waals surface area (Å²) in [4.78, 5) is 12.5. The highest BCUT2D eigenvalue weighted by molar-refractivity contribution is 7.92. The number of aryl methyl sites for hydroxylation is 3. The molecular weight excluding hydrogens is 360 g/mol. The lowest BCUT2D eigenvalue weighted by Gasteiger charge is -2.24. The zero-order chi connectivity index (χ0) is 20.2. The Balaban J connectivity index is 2.14. The molecule has 0 bridgehead atoms. The molecule has 1 N–H and O–H groups in total. The fourth-order valence-corrected chi connectivity index (χ4v) is 3.67. The number of rotatable bonds is 7. The van der Waals surface area contributed by atoms with Crippen LogP contribution in [0.5, 0.6) is 0 Å². The van der Waals surface area contributed by atoms with E-state index in [2.05, 4.69) is 12.2 Å². The SMILES string of the molecule is CCc1ccc([C@H](C)NC(=O)CN(c2ccc(C)c(C)c2)S(C)(=O)=O)cc1. The smallest absolute Gasteiger partial charge is 0.241 e. The van der Waals surface area contributed by atoms with Crippen LogP contribution in [0.3, 0.4) is 0 Å². The lowest BCUT2D eigenvalue weighted by Crippen LogP contribution is -2.41. The second-order valence-corrected chi connectivity index (χ2v) is 8.83. The number of hydrogen-bond acceptors (Lipinski definition) is 3. The second kappa shape index (κ2) is 8.57. The molecule has 146 valence electrons. The zero-order valence-corrected chi connectivity index (χ0v) is 17.4. The highest BCUT2D eigenvalue weighted by Gasteiger charge is 2.22. The Bertz CT molecular complexity index is 906. The van der Waals surface area contributed by atoms with E-state index in [1.165, 1.54) is 5.56 Å². The predicted octanol–water partition coefficient (Wildman–Crippen LogP) is 3.51. The summed E-state index contributed by atoms with van der Waals surface area (Å²) in [6, 6.07) is 13.2. The van der Waals surface area contributed by atoms with Gasteiger partial charge in [0.25, 0.3) is 0 Å². The summed E-state index contributed by atoms with van der Waals surface area (Å²) in [5.74, 6) is -0.342. The van der Waals surface area contributed by atoms with Gasteiger partial charge in [0.05, 0.1) is 18.0 Å². The van der Waals surface area contributed by atoms with Gasteiger partial charge in [-0.05, 0) is 61.6 Å². The maximum absolute atomic E-state index is 12.5. The van der Waals surface area contributed by atoms with Crippen molar-refractivity contribution >= 4 is 21.6 Å². The maximum atomic E-state index is 12.5. The van der Waals surface area contributed by atoms with Gasteiger partial charge in [0.15, 0.2) is 0 Å². The highest BCUT2D eigenvalue weighted by Crippen LogP contribution is 2.21. The van der Waals surface area contributed by atoms with Crippen molar-refractivity contribution in [2.75, 3.05) is 17.1 Å².